The molecule has 0 bridgehead atoms. The Hall–Kier alpha value is -1.11. The lowest BCUT2D eigenvalue weighted by molar-refractivity contribution is 0.259. The molecule has 1 heterocycles. The third-order valence-electron chi connectivity index (χ3n) is 3.48. The van der Waals surface area contributed by atoms with E-state index in [1.807, 2.05) is 0 Å². The van der Waals surface area contributed by atoms with Gasteiger partial charge in [-0.3, -0.25) is 0 Å². The van der Waals surface area contributed by atoms with Gasteiger partial charge in [-0.1, -0.05) is 0 Å². The molecule has 106 valence electrons. The topological polar surface area (TPSA) is 66.8 Å². The Balaban J connectivity index is 2.13. The maximum absolute atomic E-state index is 12.4. The first-order valence-electron chi connectivity index (χ1n) is 6.33. The molecule has 0 spiro atoms. The van der Waals surface area contributed by atoms with Gasteiger partial charge in [0.05, 0.1) is 12.0 Å². The number of sulfonamides is 1. The quantitative estimate of drug-likeness (QED) is 0.879. The predicted octanol–water partition coefficient (Wildman–Crippen LogP) is 1.09. The Kier molecular flexibility index (Phi) is 4.44. The second-order valence-corrected chi connectivity index (χ2v) is 6.64. The Morgan fingerprint density at radius 1 is 1.37 bits per heavy atom. The first kappa shape index (κ1) is 14.3. The molecule has 6 heteroatoms. The summed E-state index contributed by atoms with van der Waals surface area (Å²) < 4.78 is 31.3. The molecule has 1 aliphatic rings. The summed E-state index contributed by atoms with van der Waals surface area (Å²) in [6, 6.07) is 6.42. The Morgan fingerprint density at radius 2 is 2.05 bits per heavy atom. The van der Waals surface area contributed by atoms with E-state index in [0.29, 0.717) is 25.3 Å². The second-order valence-electron chi connectivity index (χ2n) is 4.71. The van der Waals surface area contributed by atoms with E-state index < -0.39 is 10.0 Å². The van der Waals surface area contributed by atoms with Crippen molar-refractivity contribution in [3.05, 3.63) is 24.3 Å². The van der Waals surface area contributed by atoms with Crippen LogP contribution in [0.5, 0.6) is 5.75 Å². The van der Waals surface area contributed by atoms with Crippen molar-refractivity contribution in [1.82, 2.24) is 4.31 Å². The molecular formula is C13H19NO4S. The van der Waals surface area contributed by atoms with Crippen LogP contribution in [0, 0.1) is 5.92 Å². The molecule has 1 unspecified atom stereocenters. The molecule has 0 aromatic heterocycles. The Labute approximate surface area is 113 Å². The van der Waals surface area contributed by atoms with E-state index in [1.54, 1.807) is 31.4 Å². The summed E-state index contributed by atoms with van der Waals surface area (Å²) in [6.07, 6.45) is 1.48. The first-order chi connectivity index (χ1) is 9.07. The van der Waals surface area contributed by atoms with Gasteiger partial charge in [0.2, 0.25) is 10.0 Å². The molecule has 2 rings (SSSR count). The SMILES string of the molecule is COc1ccc(S(=O)(=O)N2CCC(CCO)C2)cc1. The zero-order valence-electron chi connectivity index (χ0n) is 10.9. The van der Waals surface area contributed by atoms with E-state index >= 15 is 0 Å². The summed E-state index contributed by atoms with van der Waals surface area (Å²) in [5.41, 5.74) is 0. The predicted molar refractivity (Wildman–Crippen MR) is 71.6 cm³/mol. The number of hydrogen-bond donors (Lipinski definition) is 1. The molecular weight excluding hydrogens is 266 g/mol. The van der Waals surface area contributed by atoms with Crippen LogP contribution in [-0.4, -0.2) is 44.6 Å². The van der Waals surface area contributed by atoms with Gasteiger partial charge in [-0.15, -0.1) is 0 Å². The number of ether oxygens (including phenoxy) is 1. The largest absolute Gasteiger partial charge is 0.497 e. The van der Waals surface area contributed by atoms with Crippen LogP contribution >= 0.6 is 0 Å². The van der Waals surface area contributed by atoms with Crippen molar-refractivity contribution >= 4 is 10.0 Å². The van der Waals surface area contributed by atoms with Crippen LogP contribution < -0.4 is 4.74 Å². The number of hydrogen-bond acceptors (Lipinski definition) is 4. The standard InChI is InChI=1S/C13H19NO4S/c1-18-12-2-4-13(5-3-12)19(16,17)14-8-6-11(10-14)7-9-15/h2-5,11,15H,6-10H2,1H3. The minimum Gasteiger partial charge on any atom is -0.497 e. The molecule has 19 heavy (non-hydrogen) atoms. The molecule has 1 saturated heterocycles. The summed E-state index contributed by atoms with van der Waals surface area (Å²) in [7, 11) is -1.87. The van der Waals surface area contributed by atoms with Crippen molar-refractivity contribution in [1.29, 1.82) is 0 Å². The fourth-order valence-corrected chi connectivity index (χ4v) is 3.86. The van der Waals surface area contributed by atoms with Gasteiger partial charge in [0.15, 0.2) is 0 Å². The molecule has 1 aromatic rings. The third kappa shape index (κ3) is 3.08. The molecule has 1 aromatic carbocycles. The minimum atomic E-state index is -3.42. The fourth-order valence-electron chi connectivity index (χ4n) is 2.33. The van der Waals surface area contributed by atoms with Gasteiger partial charge in [-0.2, -0.15) is 4.31 Å². The number of nitrogens with zero attached hydrogens (tertiary/aromatic N) is 1. The summed E-state index contributed by atoms with van der Waals surface area (Å²) in [5, 5.41) is 8.91. The van der Waals surface area contributed by atoms with Gasteiger partial charge < -0.3 is 9.84 Å². The summed E-state index contributed by atoms with van der Waals surface area (Å²) >= 11 is 0. The van der Waals surface area contributed by atoms with Gasteiger partial charge in [0, 0.05) is 19.7 Å². The van der Waals surface area contributed by atoms with Gasteiger partial charge in [-0.25, -0.2) is 8.42 Å². The van der Waals surface area contributed by atoms with Crippen molar-refractivity contribution in [2.45, 2.75) is 17.7 Å². The summed E-state index contributed by atoms with van der Waals surface area (Å²) in [5.74, 6) is 0.900. The van der Waals surface area contributed by atoms with Gasteiger partial charge >= 0.3 is 0 Å². The number of benzene rings is 1. The highest BCUT2D eigenvalue weighted by atomic mass is 32.2. The Morgan fingerprint density at radius 3 is 2.63 bits per heavy atom. The lowest BCUT2D eigenvalue weighted by Gasteiger charge is -2.16. The van der Waals surface area contributed by atoms with Crippen LogP contribution in [0.1, 0.15) is 12.8 Å². The van der Waals surface area contributed by atoms with Crippen molar-refractivity contribution < 1.29 is 18.3 Å². The Bertz CT molecular complexity index is 512. The highest BCUT2D eigenvalue weighted by molar-refractivity contribution is 7.89. The fraction of sp³-hybridized carbons (Fsp3) is 0.538. The van der Waals surface area contributed by atoms with Crippen molar-refractivity contribution in [2.75, 3.05) is 26.8 Å². The molecule has 5 nitrogen and oxygen atoms in total. The zero-order valence-corrected chi connectivity index (χ0v) is 11.8. The van der Waals surface area contributed by atoms with Crippen molar-refractivity contribution in [3.8, 4) is 5.75 Å². The molecule has 0 saturated carbocycles. The van der Waals surface area contributed by atoms with Crippen molar-refractivity contribution in [3.63, 3.8) is 0 Å². The van der Waals surface area contributed by atoms with Crippen molar-refractivity contribution in [2.24, 2.45) is 5.92 Å². The smallest absolute Gasteiger partial charge is 0.243 e. The maximum Gasteiger partial charge on any atom is 0.243 e. The number of rotatable bonds is 5. The molecule has 0 aliphatic carbocycles. The van der Waals surface area contributed by atoms with Crippen LogP contribution in [0.4, 0.5) is 0 Å². The van der Waals surface area contributed by atoms with Gasteiger partial charge in [0.25, 0.3) is 0 Å². The molecule has 1 aliphatic heterocycles. The highest BCUT2D eigenvalue weighted by Crippen LogP contribution is 2.26. The van der Waals surface area contributed by atoms with Crippen LogP contribution in [0.3, 0.4) is 0 Å². The lowest BCUT2D eigenvalue weighted by atomic mass is 10.1. The summed E-state index contributed by atoms with van der Waals surface area (Å²) in [6.45, 7) is 1.13. The molecule has 1 atom stereocenters. The maximum atomic E-state index is 12.4. The molecule has 1 N–H and O–H groups in total. The second kappa shape index (κ2) is 5.90. The zero-order chi connectivity index (χ0) is 13.9. The van der Waals surface area contributed by atoms with Crippen LogP contribution in [-0.2, 0) is 10.0 Å². The van der Waals surface area contributed by atoms with E-state index in [4.69, 9.17) is 9.84 Å². The number of aliphatic hydroxyl groups is 1. The average molecular weight is 285 g/mol. The lowest BCUT2D eigenvalue weighted by Crippen LogP contribution is -2.29. The minimum absolute atomic E-state index is 0.112. The van der Waals surface area contributed by atoms with E-state index in [1.165, 1.54) is 4.31 Å². The van der Waals surface area contributed by atoms with E-state index in [9.17, 15) is 8.42 Å². The molecule has 0 amide bonds. The molecule has 1 fully saturated rings. The normalized spacial score (nSPS) is 20.6. The summed E-state index contributed by atoms with van der Waals surface area (Å²) in [4.78, 5) is 0.290. The highest BCUT2D eigenvalue weighted by Gasteiger charge is 2.32. The van der Waals surface area contributed by atoms with E-state index in [-0.39, 0.29) is 17.4 Å². The monoisotopic (exact) mass is 285 g/mol. The van der Waals surface area contributed by atoms with E-state index in [0.717, 1.165) is 6.42 Å². The van der Waals surface area contributed by atoms with Crippen LogP contribution in [0.2, 0.25) is 0 Å². The average Bonchev–Trinajstić information content (AvgIpc) is 2.89. The van der Waals surface area contributed by atoms with Crippen LogP contribution in [0.25, 0.3) is 0 Å². The van der Waals surface area contributed by atoms with Crippen LogP contribution in [0.15, 0.2) is 29.2 Å². The molecule has 0 radical (unpaired) electrons. The third-order valence-corrected chi connectivity index (χ3v) is 5.36. The first-order valence-corrected chi connectivity index (χ1v) is 7.77. The number of methoxy groups -OCH3 is 1. The van der Waals surface area contributed by atoms with Gasteiger partial charge in [0.1, 0.15) is 5.75 Å². The van der Waals surface area contributed by atoms with Gasteiger partial charge in [-0.05, 0) is 43.0 Å². The number of aliphatic hydroxyl groups excluding tert-OH is 1. The van der Waals surface area contributed by atoms with E-state index in [2.05, 4.69) is 0 Å².